The Kier molecular flexibility index (Phi) is 5.34. The van der Waals surface area contributed by atoms with E-state index in [1.54, 1.807) is 30.3 Å². The minimum Gasteiger partial charge on any atom is -0.478 e. The van der Waals surface area contributed by atoms with Crippen LogP contribution in [0.25, 0.3) is 6.08 Å². The van der Waals surface area contributed by atoms with E-state index >= 15 is 0 Å². The summed E-state index contributed by atoms with van der Waals surface area (Å²) in [5, 5.41) is 28.6. The molecule has 0 unspecified atom stereocenters. The fourth-order valence-corrected chi connectivity index (χ4v) is 1.56. The van der Waals surface area contributed by atoms with Crippen molar-refractivity contribution >= 4 is 33.7 Å². The number of allylic oxidation sites excluding steroid dienone is 1. The summed E-state index contributed by atoms with van der Waals surface area (Å²) in [6.45, 7) is 0. The summed E-state index contributed by atoms with van der Waals surface area (Å²) in [6, 6.07) is 8.61. The molecule has 0 aliphatic carbocycles. The van der Waals surface area contributed by atoms with Crippen LogP contribution in [0, 0.1) is 22.7 Å². The van der Waals surface area contributed by atoms with Crippen LogP contribution in [0.3, 0.4) is 0 Å². The van der Waals surface area contributed by atoms with Crippen LogP contribution in [0.15, 0.2) is 40.5 Å². The maximum atomic E-state index is 10.5. The molecule has 2 N–H and O–H groups in total. The average molecular weight is 318 g/mol. The molecule has 0 bridgehead atoms. The van der Waals surface area contributed by atoms with Crippen molar-refractivity contribution in [2.24, 2.45) is 0 Å². The van der Waals surface area contributed by atoms with Gasteiger partial charge in [0.05, 0.1) is 0 Å². The molecule has 0 saturated heterocycles. The minimum atomic E-state index is -1.06. The predicted molar refractivity (Wildman–Crippen MR) is 73.7 cm³/mol. The van der Waals surface area contributed by atoms with Crippen LogP contribution in [0.2, 0.25) is 0 Å². The van der Waals surface area contributed by atoms with E-state index in [-0.39, 0.29) is 5.57 Å². The molecular weight excluding hydrogens is 310 g/mol. The number of carboxylic acids is 1. The first-order valence-corrected chi connectivity index (χ1v) is 5.83. The number of nitriles is 2. The summed E-state index contributed by atoms with van der Waals surface area (Å²) in [7, 11) is 0. The predicted octanol–water partition coefficient (Wildman–Crippen LogP) is 2.89. The van der Waals surface area contributed by atoms with Gasteiger partial charge in [-0.2, -0.15) is 10.5 Å². The van der Waals surface area contributed by atoms with Crippen molar-refractivity contribution in [3.63, 3.8) is 0 Å². The molecule has 0 heterocycles. The van der Waals surface area contributed by atoms with Gasteiger partial charge in [-0.05, 0) is 23.8 Å². The van der Waals surface area contributed by atoms with E-state index in [0.717, 1.165) is 10.5 Å². The summed E-state index contributed by atoms with van der Waals surface area (Å²) in [5.74, 6) is -1.06. The van der Waals surface area contributed by atoms with Crippen LogP contribution in [0.1, 0.15) is 5.56 Å². The molecule has 0 spiro atoms. The highest BCUT2D eigenvalue weighted by molar-refractivity contribution is 9.10. The Morgan fingerprint density at radius 3 is 2.63 bits per heavy atom. The van der Waals surface area contributed by atoms with Crippen LogP contribution in [-0.2, 0) is 4.79 Å². The van der Waals surface area contributed by atoms with Gasteiger partial charge in [0.25, 0.3) is 0 Å². The summed E-state index contributed by atoms with van der Waals surface area (Å²) in [4.78, 5) is 10.5. The zero-order chi connectivity index (χ0) is 14.3. The lowest BCUT2D eigenvalue weighted by molar-refractivity contribution is -0.131. The monoisotopic (exact) mass is 317 g/mol. The number of benzene rings is 1. The van der Waals surface area contributed by atoms with Crippen molar-refractivity contribution in [3.05, 3.63) is 46.1 Å². The average Bonchev–Trinajstić information content (AvgIpc) is 2.38. The number of nitrogens with zero attached hydrogens (tertiary/aromatic N) is 2. The van der Waals surface area contributed by atoms with Crippen LogP contribution in [-0.4, -0.2) is 11.1 Å². The van der Waals surface area contributed by atoms with E-state index in [2.05, 4.69) is 21.2 Å². The molecule has 1 aromatic rings. The lowest BCUT2D eigenvalue weighted by Crippen LogP contribution is -1.94. The second kappa shape index (κ2) is 7.00. The summed E-state index contributed by atoms with van der Waals surface area (Å²) < 4.78 is 0.784. The number of halogens is 1. The molecule has 1 aromatic carbocycles. The lowest BCUT2D eigenvalue weighted by Gasteiger charge is -2.06. The van der Waals surface area contributed by atoms with Gasteiger partial charge in [0, 0.05) is 22.4 Å². The van der Waals surface area contributed by atoms with Gasteiger partial charge in [-0.1, -0.05) is 22.0 Å². The van der Waals surface area contributed by atoms with E-state index in [1.165, 1.54) is 12.3 Å². The topological polar surface area (TPSA) is 96.9 Å². The maximum absolute atomic E-state index is 10.5. The van der Waals surface area contributed by atoms with Gasteiger partial charge in [-0.15, -0.1) is 0 Å². The molecule has 0 fully saturated rings. The third kappa shape index (κ3) is 4.66. The molecule has 6 heteroatoms. The van der Waals surface area contributed by atoms with Gasteiger partial charge >= 0.3 is 5.97 Å². The maximum Gasteiger partial charge on any atom is 0.328 e. The van der Waals surface area contributed by atoms with Crippen molar-refractivity contribution in [2.75, 3.05) is 5.32 Å². The molecule has 5 nitrogen and oxygen atoms in total. The summed E-state index contributed by atoms with van der Waals surface area (Å²) in [6.07, 6.45) is 3.69. The third-order valence-electron chi connectivity index (χ3n) is 2.03. The van der Waals surface area contributed by atoms with E-state index in [0.29, 0.717) is 11.3 Å². The Labute approximate surface area is 118 Å². The van der Waals surface area contributed by atoms with E-state index in [9.17, 15) is 4.79 Å². The molecule has 0 aliphatic heterocycles. The lowest BCUT2D eigenvalue weighted by atomic mass is 10.1. The molecule has 0 amide bonds. The standard InChI is InChI=1S/C13H8BrN3O2/c14-11-3-1-10(2-4-13(18)19)12(5-11)17-8-9(6-15)7-16/h1-5,8,17H,(H,18,19). The number of hydrogen-bond donors (Lipinski definition) is 2. The van der Waals surface area contributed by atoms with Crippen LogP contribution in [0.5, 0.6) is 0 Å². The zero-order valence-corrected chi connectivity index (χ0v) is 11.2. The smallest absolute Gasteiger partial charge is 0.328 e. The van der Waals surface area contributed by atoms with Gasteiger partial charge in [-0.3, -0.25) is 0 Å². The normalized spacial score (nSPS) is 9.42. The third-order valence-corrected chi connectivity index (χ3v) is 2.53. The first kappa shape index (κ1) is 14.5. The fourth-order valence-electron chi connectivity index (χ4n) is 1.20. The molecular formula is C13H8BrN3O2. The fraction of sp³-hybridized carbons (Fsp3) is 0. The summed E-state index contributed by atoms with van der Waals surface area (Å²) >= 11 is 3.29. The molecule has 0 aliphatic rings. The Morgan fingerprint density at radius 2 is 2.05 bits per heavy atom. The Hall–Kier alpha value is -2.57. The van der Waals surface area contributed by atoms with Crippen LogP contribution in [0.4, 0.5) is 5.69 Å². The number of rotatable bonds is 4. The molecule has 0 radical (unpaired) electrons. The van der Waals surface area contributed by atoms with Gasteiger partial charge in [-0.25, -0.2) is 4.79 Å². The van der Waals surface area contributed by atoms with Crippen molar-refractivity contribution in [2.45, 2.75) is 0 Å². The number of anilines is 1. The van der Waals surface area contributed by atoms with Crippen molar-refractivity contribution in [1.82, 2.24) is 0 Å². The van der Waals surface area contributed by atoms with Crippen molar-refractivity contribution < 1.29 is 9.90 Å². The number of aliphatic carboxylic acids is 1. The van der Waals surface area contributed by atoms with E-state index < -0.39 is 5.97 Å². The van der Waals surface area contributed by atoms with Crippen molar-refractivity contribution in [3.8, 4) is 12.1 Å². The molecule has 94 valence electrons. The highest BCUT2D eigenvalue weighted by atomic mass is 79.9. The molecule has 1 rings (SSSR count). The SMILES string of the molecule is N#CC(C#N)=CNc1cc(Br)ccc1C=CC(=O)O. The highest BCUT2D eigenvalue weighted by Gasteiger charge is 2.01. The number of carbonyl (C=O) groups is 1. The molecule has 19 heavy (non-hydrogen) atoms. The minimum absolute atomic E-state index is 0.0758. The second-order valence-corrected chi connectivity index (χ2v) is 4.24. The first-order chi connectivity index (χ1) is 9.06. The van der Waals surface area contributed by atoms with Gasteiger partial charge in [0.2, 0.25) is 0 Å². The molecule has 0 atom stereocenters. The zero-order valence-electron chi connectivity index (χ0n) is 9.59. The Bertz CT molecular complexity index is 620. The van der Waals surface area contributed by atoms with Gasteiger partial charge < -0.3 is 10.4 Å². The second-order valence-electron chi connectivity index (χ2n) is 3.33. The largest absolute Gasteiger partial charge is 0.478 e. The molecule has 0 saturated carbocycles. The van der Waals surface area contributed by atoms with E-state index in [4.69, 9.17) is 15.6 Å². The van der Waals surface area contributed by atoms with Crippen LogP contribution >= 0.6 is 15.9 Å². The van der Waals surface area contributed by atoms with Crippen LogP contribution < -0.4 is 5.32 Å². The van der Waals surface area contributed by atoms with Gasteiger partial charge in [0.15, 0.2) is 0 Å². The number of hydrogen-bond acceptors (Lipinski definition) is 4. The number of carboxylic acid groups (broad SMARTS) is 1. The summed E-state index contributed by atoms with van der Waals surface area (Å²) in [5.41, 5.74) is 1.13. The van der Waals surface area contributed by atoms with Crippen molar-refractivity contribution in [1.29, 1.82) is 10.5 Å². The Morgan fingerprint density at radius 1 is 1.37 bits per heavy atom. The highest BCUT2D eigenvalue weighted by Crippen LogP contribution is 2.23. The van der Waals surface area contributed by atoms with Gasteiger partial charge in [0.1, 0.15) is 17.7 Å². The first-order valence-electron chi connectivity index (χ1n) is 5.04. The number of nitrogens with one attached hydrogen (secondary N) is 1. The Balaban J connectivity index is 3.09. The van der Waals surface area contributed by atoms with E-state index in [1.807, 2.05) is 0 Å². The quantitative estimate of drug-likeness (QED) is 0.657. The molecule has 0 aromatic heterocycles.